The lowest BCUT2D eigenvalue weighted by Gasteiger charge is -2.10. The summed E-state index contributed by atoms with van der Waals surface area (Å²) in [7, 11) is 0. The van der Waals surface area contributed by atoms with E-state index in [0.717, 1.165) is 18.4 Å². The van der Waals surface area contributed by atoms with Crippen molar-refractivity contribution in [2.75, 3.05) is 0 Å². The number of halogens is 1. The molecule has 2 rings (SSSR count). The van der Waals surface area contributed by atoms with Gasteiger partial charge in [0, 0.05) is 10.9 Å². The second kappa shape index (κ2) is 5.23. The first-order chi connectivity index (χ1) is 7.74. The zero-order valence-electron chi connectivity index (χ0n) is 8.90. The van der Waals surface area contributed by atoms with E-state index in [0.29, 0.717) is 0 Å². The summed E-state index contributed by atoms with van der Waals surface area (Å²) in [5, 5.41) is 2.06. The van der Waals surface area contributed by atoms with Crippen molar-refractivity contribution >= 4 is 11.3 Å². The Balaban J connectivity index is 1.92. The van der Waals surface area contributed by atoms with Crippen LogP contribution in [0.15, 0.2) is 41.8 Å². The summed E-state index contributed by atoms with van der Waals surface area (Å²) >= 11 is 1.72. The van der Waals surface area contributed by atoms with Crippen LogP contribution in [0.1, 0.15) is 10.4 Å². The summed E-state index contributed by atoms with van der Waals surface area (Å²) in [6.45, 7) is 0. The molecule has 1 nitrogen and oxygen atoms in total. The van der Waals surface area contributed by atoms with Gasteiger partial charge in [0.15, 0.2) is 0 Å². The van der Waals surface area contributed by atoms with Crippen LogP contribution in [0, 0.1) is 5.82 Å². The molecule has 1 aromatic heterocycles. The largest absolute Gasteiger partial charge is 0.327 e. The van der Waals surface area contributed by atoms with Crippen LogP contribution in [0.4, 0.5) is 4.39 Å². The van der Waals surface area contributed by atoms with E-state index in [4.69, 9.17) is 5.73 Å². The van der Waals surface area contributed by atoms with E-state index in [-0.39, 0.29) is 11.9 Å². The third-order valence-corrected chi connectivity index (χ3v) is 3.35. The molecule has 0 spiro atoms. The van der Waals surface area contributed by atoms with Crippen LogP contribution in [-0.2, 0) is 12.8 Å². The fourth-order valence-electron chi connectivity index (χ4n) is 1.68. The van der Waals surface area contributed by atoms with Crippen molar-refractivity contribution in [3.05, 3.63) is 58.0 Å². The van der Waals surface area contributed by atoms with E-state index in [1.807, 2.05) is 6.07 Å². The molecule has 1 heterocycles. The standard InChI is InChI=1S/C13H14FNS/c14-11-5-3-10(4-6-11)8-12(15)9-13-2-1-7-16-13/h1-7,12H,8-9,15H2. The van der Waals surface area contributed by atoms with Crippen LogP contribution in [-0.4, -0.2) is 6.04 Å². The predicted octanol–water partition coefficient (Wildman–Crippen LogP) is 3.00. The van der Waals surface area contributed by atoms with Crippen molar-refractivity contribution in [3.63, 3.8) is 0 Å². The molecule has 84 valence electrons. The number of thiophene rings is 1. The van der Waals surface area contributed by atoms with Gasteiger partial charge < -0.3 is 5.73 Å². The highest BCUT2D eigenvalue weighted by molar-refractivity contribution is 7.09. The second-order valence-electron chi connectivity index (χ2n) is 3.87. The van der Waals surface area contributed by atoms with Gasteiger partial charge in [-0.25, -0.2) is 4.39 Å². The van der Waals surface area contributed by atoms with E-state index in [2.05, 4.69) is 11.4 Å². The van der Waals surface area contributed by atoms with E-state index >= 15 is 0 Å². The molecule has 3 heteroatoms. The fraction of sp³-hybridized carbons (Fsp3) is 0.231. The molecule has 0 aliphatic carbocycles. The van der Waals surface area contributed by atoms with Crippen molar-refractivity contribution in [2.24, 2.45) is 5.73 Å². The summed E-state index contributed by atoms with van der Waals surface area (Å²) in [6, 6.07) is 10.8. The van der Waals surface area contributed by atoms with Gasteiger partial charge in [0.25, 0.3) is 0 Å². The summed E-state index contributed by atoms with van der Waals surface area (Å²) in [6.07, 6.45) is 1.67. The van der Waals surface area contributed by atoms with Crippen LogP contribution in [0.2, 0.25) is 0 Å². The minimum Gasteiger partial charge on any atom is -0.327 e. The lowest BCUT2D eigenvalue weighted by molar-refractivity contribution is 0.624. The van der Waals surface area contributed by atoms with Gasteiger partial charge >= 0.3 is 0 Å². The second-order valence-corrected chi connectivity index (χ2v) is 4.91. The van der Waals surface area contributed by atoms with Crippen LogP contribution < -0.4 is 5.73 Å². The van der Waals surface area contributed by atoms with Crippen molar-refractivity contribution < 1.29 is 4.39 Å². The van der Waals surface area contributed by atoms with Crippen LogP contribution >= 0.6 is 11.3 Å². The molecule has 1 unspecified atom stereocenters. The molecule has 2 N–H and O–H groups in total. The van der Waals surface area contributed by atoms with E-state index in [1.54, 1.807) is 23.5 Å². The van der Waals surface area contributed by atoms with Gasteiger partial charge in [-0.2, -0.15) is 0 Å². The molecule has 0 amide bonds. The van der Waals surface area contributed by atoms with Gasteiger partial charge in [-0.3, -0.25) is 0 Å². The molecule has 1 atom stereocenters. The zero-order chi connectivity index (χ0) is 11.4. The molecule has 0 aliphatic rings. The van der Waals surface area contributed by atoms with Crippen LogP contribution in [0.3, 0.4) is 0 Å². The number of benzene rings is 1. The molecule has 0 saturated carbocycles. The monoisotopic (exact) mass is 235 g/mol. The van der Waals surface area contributed by atoms with Gasteiger partial charge in [-0.05, 0) is 42.0 Å². The van der Waals surface area contributed by atoms with Crippen molar-refractivity contribution in [1.29, 1.82) is 0 Å². The first-order valence-corrected chi connectivity index (χ1v) is 6.14. The topological polar surface area (TPSA) is 26.0 Å². The molecule has 0 aliphatic heterocycles. The maximum atomic E-state index is 12.7. The van der Waals surface area contributed by atoms with Crippen molar-refractivity contribution in [1.82, 2.24) is 0 Å². The molecule has 16 heavy (non-hydrogen) atoms. The lowest BCUT2D eigenvalue weighted by atomic mass is 10.0. The predicted molar refractivity (Wildman–Crippen MR) is 66.1 cm³/mol. The van der Waals surface area contributed by atoms with Gasteiger partial charge in [-0.1, -0.05) is 18.2 Å². The molecular weight excluding hydrogens is 221 g/mol. The van der Waals surface area contributed by atoms with Gasteiger partial charge in [-0.15, -0.1) is 11.3 Å². The van der Waals surface area contributed by atoms with Gasteiger partial charge in [0.05, 0.1) is 0 Å². The Bertz CT molecular complexity index is 422. The highest BCUT2D eigenvalue weighted by Gasteiger charge is 2.06. The SMILES string of the molecule is NC(Cc1ccc(F)cc1)Cc1cccs1. The Morgan fingerprint density at radius 1 is 1.12 bits per heavy atom. The summed E-state index contributed by atoms with van der Waals surface area (Å²) in [4.78, 5) is 1.30. The summed E-state index contributed by atoms with van der Waals surface area (Å²) in [5.41, 5.74) is 7.14. The Hall–Kier alpha value is -1.19. The third kappa shape index (κ3) is 3.15. The Kier molecular flexibility index (Phi) is 3.70. The van der Waals surface area contributed by atoms with Crippen molar-refractivity contribution in [3.8, 4) is 0 Å². The minimum absolute atomic E-state index is 0.101. The molecule has 1 aromatic carbocycles. The van der Waals surface area contributed by atoms with E-state index in [1.165, 1.54) is 17.0 Å². The van der Waals surface area contributed by atoms with Gasteiger partial charge in [0.1, 0.15) is 5.82 Å². The molecule has 0 fully saturated rings. The first kappa shape index (κ1) is 11.3. The maximum absolute atomic E-state index is 12.7. The molecule has 0 bridgehead atoms. The maximum Gasteiger partial charge on any atom is 0.123 e. The smallest absolute Gasteiger partial charge is 0.123 e. The molecule has 0 saturated heterocycles. The molecule has 0 radical (unpaired) electrons. The average molecular weight is 235 g/mol. The first-order valence-electron chi connectivity index (χ1n) is 5.26. The van der Waals surface area contributed by atoms with Crippen LogP contribution in [0.25, 0.3) is 0 Å². The van der Waals surface area contributed by atoms with Crippen molar-refractivity contribution in [2.45, 2.75) is 18.9 Å². The Morgan fingerprint density at radius 3 is 2.50 bits per heavy atom. The molecular formula is C13H14FNS. The number of hydrogen-bond donors (Lipinski definition) is 1. The van der Waals surface area contributed by atoms with Crippen LogP contribution in [0.5, 0.6) is 0 Å². The van der Waals surface area contributed by atoms with E-state index in [9.17, 15) is 4.39 Å². The average Bonchev–Trinajstić information content (AvgIpc) is 2.74. The number of hydrogen-bond acceptors (Lipinski definition) is 2. The quantitative estimate of drug-likeness (QED) is 0.866. The number of rotatable bonds is 4. The van der Waals surface area contributed by atoms with E-state index < -0.39 is 0 Å². The Morgan fingerprint density at radius 2 is 1.88 bits per heavy atom. The van der Waals surface area contributed by atoms with Gasteiger partial charge in [0.2, 0.25) is 0 Å². The minimum atomic E-state index is -0.199. The highest BCUT2D eigenvalue weighted by atomic mass is 32.1. The third-order valence-electron chi connectivity index (χ3n) is 2.45. The zero-order valence-corrected chi connectivity index (χ0v) is 9.71. The highest BCUT2D eigenvalue weighted by Crippen LogP contribution is 2.13. The normalized spacial score (nSPS) is 12.6. The Labute approximate surface area is 98.7 Å². The summed E-state index contributed by atoms with van der Waals surface area (Å²) in [5.74, 6) is -0.199. The lowest BCUT2D eigenvalue weighted by Crippen LogP contribution is -2.25. The number of nitrogens with two attached hydrogens (primary N) is 1. The molecule has 2 aromatic rings. The summed E-state index contributed by atoms with van der Waals surface area (Å²) < 4.78 is 12.7. The fourth-order valence-corrected chi connectivity index (χ4v) is 2.48.